The number of aromatic nitrogens is 2. The Labute approximate surface area is 71.9 Å². The molecule has 4 nitrogen and oxygen atoms in total. The summed E-state index contributed by atoms with van der Waals surface area (Å²) >= 11 is 0. The maximum atomic E-state index is 7.14. The Morgan fingerprint density at radius 2 is 2.42 bits per heavy atom. The standard InChI is InChI=1S/C8H14N4/c1-3-12-5-7(4-8(9)10)6(2)11-12/h5H,3-4H2,1-2H3,(H3,9,10). The van der Waals surface area contributed by atoms with Gasteiger partial charge in [-0.1, -0.05) is 0 Å². The molecule has 0 radical (unpaired) electrons. The van der Waals surface area contributed by atoms with E-state index in [2.05, 4.69) is 5.10 Å². The van der Waals surface area contributed by atoms with Crippen LogP contribution < -0.4 is 5.73 Å². The highest BCUT2D eigenvalue weighted by atomic mass is 15.3. The van der Waals surface area contributed by atoms with Crippen LogP contribution in [0.1, 0.15) is 18.2 Å². The zero-order valence-electron chi connectivity index (χ0n) is 7.46. The highest BCUT2D eigenvalue weighted by Gasteiger charge is 2.04. The van der Waals surface area contributed by atoms with Crippen molar-refractivity contribution in [3.05, 3.63) is 17.5 Å². The van der Waals surface area contributed by atoms with Gasteiger partial charge >= 0.3 is 0 Å². The summed E-state index contributed by atoms with van der Waals surface area (Å²) < 4.78 is 1.85. The molecule has 4 heteroatoms. The molecule has 0 aliphatic heterocycles. The number of hydrogen-bond donors (Lipinski definition) is 2. The van der Waals surface area contributed by atoms with Gasteiger partial charge in [0, 0.05) is 24.7 Å². The first kappa shape index (κ1) is 8.77. The first-order valence-corrected chi connectivity index (χ1v) is 3.99. The normalized spacial score (nSPS) is 10.2. The Hall–Kier alpha value is -1.32. The predicted molar refractivity (Wildman–Crippen MR) is 48.3 cm³/mol. The first-order valence-electron chi connectivity index (χ1n) is 3.99. The predicted octanol–water partition coefficient (Wildman–Crippen LogP) is 0.690. The summed E-state index contributed by atoms with van der Waals surface area (Å²) in [5.41, 5.74) is 7.30. The van der Waals surface area contributed by atoms with Crippen molar-refractivity contribution in [2.45, 2.75) is 26.8 Å². The number of nitrogens with zero attached hydrogens (tertiary/aromatic N) is 2. The Kier molecular flexibility index (Phi) is 2.47. The van der Waals surface area contributed by atoms with Crippen LogP contribution in [0.2, 0.25) is 0 Å². The third-order valence-corrected chi connectivity index (χ3v) is 1.75. The van der Waals surface area contributed by atoms with E-state index >= 15 is 0 Å². The second-order valence-corrected chi connectivity index (χ2v) is 2.80. The number of amidine groups is 1. The van der Waals surface area contributed by atoms with E-state index in [1.165, 1.54) is 0 Å². The molecule has 0 atom stereocenters. The largest absolute Gasteiger partial charge is 0.387 e. The molecule has 66 valence electrons. The highest BCUT2D eigenvalue weighted by Crippen LogP contribution is 2.05. The summed E-state index contributed by atoms with van der Waals surface area (Å²) in [6.45, 7) is 4.83. The average Bonchev–Trinajstić information content (AvgIpc) is 2.31. The second kappa shape index (κ2) is 3.38. The third-order valence-electron chi connectivity index (χ3n) is 1.75. The summed E-state index contributed by atoms with van der Waals surface area (Å²) in [4.78, 5) is 0. The minimum Gasteiger partial charge on any atom is -0.387 e. The van der Waals surface area contributed by atoms with Crippen LogP contribution >= 0.6 is 0 Å². The number of nitrogens with one attached hydrogen (secondary N) is 1. The van der Waals surface area contributed by atoms with Gasteiger partial charge in [-0.2, -0.15) is 5.10 Å². The third kappa shape index (κ3) is 1.84. The molecule has 0 aliphatic carbocycles. The van der Waals surface area contributed by atoms with E-state index in [9.17, 15) is 0 Å². The maximum Gasteiger partial charge on any atom is 0.0951 e. The van der Waals surface area contributed by atoms with Crippen molar-refractivity contribution in [2.24, 2.45) is 5.73 Å². The van der Waals surface area contributed by atoms with E-state index in [4.69, 9.17) is 11.1 Å². The minimum absolute atomic E-state index is 0.189. The van der Waals surface area contributed by atoms with Gasteiger partial charge in [0.25, 0.3) is 0 Å². The van der Waals surface area contributed by atoms with Gasteiger partial charge in [0.15, 0.2) is 0 Å². The van der Waals surface area contributed by atoms with Crippen molar-refractivity contribution in [1.29, 1.82) is 5.41 Å². The van der Waals surface area contributed by atoms with Crippen LogP contribution in [-0.2, 0) is 13.0 Å². The monoisotopic (exact) mass is 166 g/mol. The minimum atomic E-state index is 0.189. The molecule has 0 fully saturated rings. The molecular weight excluding hydrogens is 152 g/mol. The zero-order valence-corrected chi connectivity index (χ0v) is 7.46. The molecule has 1 heterocycles. The average molecular weight is 166 g/mol. The lowest BCUT2D eigenvalue weighted by Crippen LogP contribution is -2.12. The molecule has 12 heavy (non-hydrogen) atoms. The van der Waals surface area contributed by atoms with Crippen LogP contribution in [0.15, 0.2) is 6.20 Å². The summed E-state index contributed by atoms with van der Waals surface area (Å²) in [7, 11) is 0. The molecule has 0 bridgehead atoms. The summed E-state index contributed by atoms with van der Waals surface area (Å²) in [5, 5.41) is 11.4. The van der Waals surface area contributed by atoms with Gasteiger partial charge in [0.2, 0.25) is 0 Å². The molecule has 0 saturated heterocycles. The molecule has 0 unspecified atom stereocenters. The van der Waals surface area contributed by atoms with E-state index in [-0.39, 0.29) is 5.84 Å². The van der Waals surface area contributed by atoms with Crippen LogP contribution in [0.4, 0.5) is 0 Å². The Morgan fingerprint density at radius 3 is 2.83 bits per heavy atom. The molecule has 3 N–H and O–H groups in total. The van der Waals surface area contributed by atoms with E-state index in [1.807, 2.05) is 24.7 Å². The number of rotatable bonds is 3. The lowest BCUT2D eigenvalue weighted by molar-refractivity contribution is 0.653. The van der Waals surface area contributed by atoms with Crippen LogP contribution in [-0.4, -0.2) is 15.6 Å². The first-order chi connectivity index (χ1) is 5.63. The smallest absolute Gasteiger partial charge is 0.0951 e. The Bertz CT molecular complexity index is 287. The van der Waals surface area contributed by atoms with Gasteiger partial charge in [-0.3, -0.25) is 10.1 Å². The van der Waals surface area contributed by atoms with Crippen LogP contribution in [0.5, 0.6) is 0 Å². The molecule has 1 aromatic heterocycles. The molecule has 1 rings (SSSR count). The van der Waals surface area contributed by atoms with Gasteiger partial charge in [-0.25, -0.2) is 0 Å². The SMILES string of the molecule is CCn1cc(CC(=N)N)c(C)n1. The summed E-state index contributed by atoms with van der Waals surface area (Å²) in [6.07, 6.45) is 2.45. The molecule has 0 aliphatic rings. The van der Waals surface area contributed by atoms with Crippen molar-refractivity contribution in [3.63, 3.8) is 0 Å². The van der Waals surface area contributed by atoms with Crippen molar-refractivity contribution in [2.75, 3.05) is 0 Å². The van der Waals surface area contributed by atoms with Crippen LogP contribution in [0, 0.1) is 12.3 Å². The van der Waals surface area contributed by atoms with Gasteiger partial charge in [-0.05, 0) is 13.8 Å². The molecule has 0 aromatic carbocycles. The quantitative estimate of drug-likeness (QED) is 0.512. The fourth-order valence-corrected chi connectivity index (χ4v) is 1.10. The number of hydrogen-bond acceptors (Lipinski definition) is 2. The molecular formula is C8H14N4. The zero-order chi connectivity index (χ0) is 9.14. The van der Waals surface area contributed by atoms with Crippen molar-refractivity contribution in [3.8, 4) is 0 Å². The lowest BCUT2D eigenvalue weighted by Gasteiger charge is -1.93. The van der Waals surface area contributed by atoms with E-state index in [0.29, 0.717) is 6.42 Å². The van der Waals surface area contributed by atoms with Crippen molar-refractivity contribution in [1.82, 2.24) is 9.78 Å². The van der Waals surface area contributed by atoms with Crippen molar-refractivity contribution >= 4 is 5.84 Å². The van der Waals surface area contributed by atoms with Gasteiger partial charge in [0.05, 0.1) is 11.5 Å². The lowest BCUT2D eigenvalue weighted by atomic mass is 10.2. The maximum absolute atomic E-state index is 7.14. The van der Waals surface area contributed by atoms with E-state index in [0.717, 1.165) is 17.8 Å². The molecule has 0 amide bonds. The van der Waals surface area contributed by atoms with Gasteiger partial charge in [-0.15, -0.1) is 0 Å². The number of aryl methyl sites for hydroxylation is 2. The Balaban J connectivity index is 2.84. The summed E-state index contributed by atoms with van der Waals surface area (Å²) in [6, 6.07) is 0. The van der Waals surface area contributed by atoms with Gasteiger partial charge in [0.1, 0.15) is 0 Å². The fourth-order valence-electron chi connectivity index (χ4n) is 1.10. The van der Waals surface area contributed by atoms with E-state index < -0.39 is 0 Å². The summed E-state index contributed by atoms with van der Waals surface area (Å²) in [5.74, 6) is 0.189. The Morgan fingerprint density at radius 1 is 1.75 bits per heavy atom. The molecule has 1 aromatic rings. The van der Waals surface area contributed by atoms with Crippen LogP contribution in [0.3, 0.4) is 0 Å². The van der Waals surface area contributed by atoms with Crippen LogP contribution in [0.25, 0.3) is 0 Å². The highest BCUT2D eigenvalue weighted by molar-refractivity contribution is 5.79. The van der Waals surface area contributed by atoms with Crippen molar-refractivity contribution < 1.29 is 0 Å². The molecule has 0 saturated carbocycles. The van der Waals surface area contributed by atoms with Gasteiger partial charge < -0.3 is 5.73 Å². The molecule has 0 spiro atoms. The van der Waals surface area contributed by atoms with E-state index in [1.54, 1.807) is 0 Å². The number of nitrogens with two attached hydrogens (primary N) is 1. The second-order valence-electron chi connectivity index (χ2n) is 2.80. The topological polar surface area (TPSA) is 67.7 Å². The fraction of sp³-hybridized carbons (Fsp3) is 0.500.